The molecule has 2 rings (SSSR count). The SMILES string of the molecule is COc1ccc(CN=C(N)NCC(c2ccc(C)cc2)N(C)C)cc1OC.I. The van der Waals surface area contributed by atoms with Crippen LogP contribution in [0.25, 0.3) is 0 Å². The summed E-state index contributed by atoms with van der Waals surface area (Å²) in [5.74, 6) is 1.80. The van der Waals surface area contributed by atoms with E-state index < -0.39 is 0 Å². The maximum absolute atomic E-state index is 6.06. The smallest absolute Gasteiger partial charge is 0.188 e. The van der Waals surface area contributed by atoms with Crippen molar-refractivity contribution in [2.75, 3.05) is 34.9 Å². The quantitative estimate of drug-likeness (QED) is 0.332. The van der Waals surface area contributed by atoms with Gasteiger partial charge in [0.05, 0.1) is 26.8 Å². The molecule has 0 radical (unpaired) electrons. The average molecular weight is 498 g/mol. The Hall–Kier alpha value is -2.00. The van der Waals surface area contributed by atoms with Gasteiger partial charge in [-0.2, -0.15) is 0 Å². The van der Waals surface area contributed by atoms with Gasteiger partial charge in [0.15, 0.2) is 17.5 Å². The number of ether oxygens (including phenoxy) is 2. The number of aryl methyl sites for hydroxylation is 1. The van der Waals surface area contributed by atoms with Crippen LogP contribution in [0.1, 0.15) is 22.7 Å². The Kier molecular flexibility index (Phi) is 10.1. The molecule has 28 heavy (non-hydrogen) atoms. The minimum atomic E-state index is 0. The van der Waals surface area contributed by atoms with Crippen LogP contribution in [0.2, 0.25) is 0 Å². The highest BCUT2D eigenvalue weighted by Gasteiger charge is 2.14. The number of guanidine groups is 1. The Labute approximate surface area is 185 Å². The van der Waals surface area contributed by atoms with E-state index in [4.69, 9.17) is 15.2 Å². The molecule has 2 aromatic rings. The third kappa shape index (κ3) is 6.87. The molecule has 7 heteroatoms. The second kappa shape index (κ2) is 11.8. The molecule has 0 amide bonds. The highest BCUT2D eigenvalue weighted by molar-refractivity contribution is 14.0. The Morgan fingerprint density at radius 1 is 1.07 bits per heavy atom. The minimum absolute atomic E-state index is 0. The Balaban J connectivity index is 0.00000392. The van der Waals surface area contributed by atoms with Gasteiger partial charge >= 0.3 is 0 Å². The van der Waals surface area contributed by atoms with Crippen molar-refractivity contribution in [3.05, 3.63) is 59.2 Å². The fraction of sp³-hybridized carbons (Fsp3) is 0.381. The zero-order valence-electron chi connectivity index (χ0n) is 17.2. The normalized spacial score (nSPS) is 12.3. The lowest BCUT2D eigenvalue weighted by Gasteiger charge is -2.25. The summed E-state index contributed by atoms with van der Waals surface area (Å²) in [4.78, 5) is 6.60. The van der Waals surface area contributed by atoms with Crippen LogP contribution in [0.4, 0.5) is 0 Å². The van der Waals surface area contributed by atoms with Crippen LogP contribution in [-0.2, 0) is 6.54 Å². The fourth-order valence-electron chi connectivity index (χ4n) is 2.80. The third-order valence-corrected chi connectivity index (χ3v) is 4.44. The molecule has 6 nitrogen and oxygen atoms in total. The predicted octanol–water partition coefficient (Wildman–Crippen LogP) is 3.34. The summed E-state index contributed by atoms with van der Waals surface area (Å²) >= 11 is 0. The van der Waals surface area contributed by atoms with Crippen molar-refractivity contribution in [3.63, 3.8) is 0 Å². The van der Waals surface area contributed by atoms with E-state index in [0.717, 1.165) is 5.56 Å². The lowest BCUT2D eigenvalue weighted by atomic mass is 10.0. The number of hydrogen-bond acceptors (Lipinski definition) is 4. The van der Waals surface area contributed by atoms with Gasteiger partial charge in [-0.15, -0.1) is 24.0 Å². The number of likely N-dealkylation sites (N-methyl/N-ethyl adjacent to an activating group) is 1. The molecule has 0 saturated carbocycles. The van der Waals surface area contributed by atoms with E-state index in [9.17, 15) is 0 Å². The molecular weight excluding hydrogens is 467 g/mol. The molecule has 0 bridgehead atoms. The van der Waals surface area contributed by atoms with E-state index in [0.29, 0.717) is 30.5 Å². The van der Waals surface area contributed by atoms with Gasteiger partial charge in [-0.25, -0.2) is 4.99 Å². The first kappa shape index (κ1) is 24.0. The van der Waals surface area contributed by atoms with Crippen LogP contribution in [0.5, 0.6) is 11.5 Å². The number of hydrogen-bond donors (Lipinski definition) is 2. The molecule has 0 aliphatic heterocycles. The average Bonchev–Trinajstić information content (AvgIpc) is 2.67. The lowest BCUT2D eigenvalue weighted by molar-refractivity contribution is 0.298. The number of methoxy groups -OCH3 is 2. The number of benzene rings is 2. The van der Waals surface area contributed by atoms with Gasteiger partial charge in [0.1, 0.15) is 0 Å². The lowest BCUT2D eigenvalue weighted by Crippen LogP contribution is -2.38. The van der Waals surface area contributed by atoms with E-state index >= 15 is 0 Å². The van der Waals surface area contributed by atoms with Crippen LogP contribution in [0.3, 0.4) is 0 Å². The maximum atomic E-state index is 6.06. The topological polar surface area (TPSA) is 72.1 Å². The van der Waals surface area contributed by atoms with E-state index in [-0.39, 0.29) is 30.0 Å². The molecule has 0 aliphatic carbocycles. The largest absolute Gasteiger partial charge is 0.493 e. The van der Waals surface area contributed by atoms with E-state index in [1.54, 1.807) is 14.2 Å². The van der Waals surface area contributed by atoms with Crippen LogP contribution in [-0.4, -0.2) is 45.7 Å². The zero-order valence-corrected chi connectivity index (χ0v) is 19.6. The molecule has 0 fully saturated rings. The van der Waals surface area contributed by atoms with Crippen molar-refractivity contribution in [1.82, 2.24) is 10.2 Å². The van der Waals surface area contributed by atoms with E-state index in [1.807, 2.05) is 18.2 Å². The molecular formula is C21H31IN4O2. The van der Waals surface area contributed by atoms with Gasteiger partial charge in [0.25, 0.3) is 0 Å². The summed E-state index contributed by atoms with van der Waals surface area (Å²) in [5.41, 5.74) is 9.55. The van der Waals surface area contributed by atoms with Crippen LogP contribution in [0, 0.1) is 6.92 Å². The molecule has 0 heterocycles. The summed E-state index contributed by atoms with van der Waals surface area (Å²) in [5, 5.41) is 3.23. The molecule has 0 aliphatic rings. The predicted molar refractivity (Wildman–Crippen MR) is 126 cm³/mol. The highest BCUT2D eigenvalue weighted by Crippen LogP contribution is 2.27. The summed E-state index contributed by atoms with van der Waals surface area (Å²) < 4.78 is 10.6. The number of nitrogens with two attached hydrogens (primary N) is 1. The van der Waals surface area contributed by atoms with Gasteiger partial charge in [-0.1, -0.05) is 35.9 Å². The van der Waals surface area contributed by atoms with Crippen molar-refractivity contribution in [2.45, 2.75) is 19.5 Å². The second-order valence-corrected chi connectivity index (χ2v) is 6.66. The summed E-state index contributed by atoms with van der Waals surface area (Å²) in [6.45, 7) is 3.24. The minimum Gasteiger partial charge on any atom is -0.493 e. The van der Waals surface area contributed by atoms with Crippen molar-refractivity contribution >= 4 is 29.9 Å². The molecule has 2 aromatic carbocycles. The maximum Gasteiger partial charge on any atom is 0.188 e. The summed E-state index contributed by atoms with van der Waals surface area (Å²) in [6, 6.07) is 14.5. The van der Waals surface area contributed by atoms with Gasteiger partial charge in [0.2, 0.25) is 0 Å². The Morgan fingerprint density at radius 3 is 2.29 bits per heavy atom. The first-order valence-electron chi connectivity index (χ1n) is 8.92. The molecule has 1 unspecified atom stereocenters. The van der Waals surface area contributed by atoms with E-state index in [2.05, 4.69) is 60.5 Å². The summed E-state index contributed by atoms with van der Waals surface area (Å²) in [6.07, 6.45) is 0. The number of aliphatic imine (C=N–C) groups is 1. The molecule has 0 spiro atoms. The van der Waals surface area contributed by atoms with Gasteiger partial charge < -0.3 is 25.4 Å². The fourth-order valence-corrected chi connectivity index (χ4v) is 2.80. The molecule has 154 valence electrons. The molecule has 3 N–H and O–H groups in total. The van der Waals surface area contributed by atoms with Gasteiger partial charge in [0, 0.05) is 6.54 Å². The van der Waals surface area contributed by atoms with Gasteiger partial charge in [-0.3, -0.25) is 0 Å². The highest BCUT2D eigenvalue weighted by atomic mass is 127. The van der Waals surface area contributed by atoms with Crippen molar-refractivity contribution in [3.8, 4) is 11.5 Å². The standard InChI is InChI=1S/C21H30N4O2.HI/c1-15-6-9-17(10-7-15)18(25(2)3)14-24-21(22)23-13-16-8-11-19(26-4)20(12-16)27-5;/h6-12,18H,13-14H2,1-5H3,(H3,22,23,24);1H. The van der Waals surface area contributed by atoms with Gasteiger partial charge in [-0.05, 0) is 44.3 Å². The van der Waals surface area contributed by atoms with Crippen molar-refractivity contribution in [1.29, 1.82) is 0 Å². The number of nitrogens with one attached hydrogen (secondary N) is 1. The van der Waals surface area contributed by atoms with Crippen LogP contribution >= 0.6 is 24.0 Å². The molecule has 0 aromatic heterocycles. The van der Waals surface area contributed by atoms with Crippen LogP contribution < -0.4 is 20.5 Å². The third-order valence-electron chi connectivity index (χ3n) is 4.44. The number of halogens is 1. The van der Waals surface area contributed by atoms with E-state index in [1.165, 1.54) is 11.1 Å². The van der Waals surface area contributed by atoms with Crippen molar-refractivity contribution in [2.24, 2.45) is 10.7 Å². The monoisotopic (exact) mass is 498 g/mol. The van der Waals surface area contributed by atoms with Crippen molar-refractivity contribution < 1.29 is 9.47 Å². The Bertz CT molecular complexity index is 764. The number of nitrogens with zero attached hydrogens (tertiary/aromatic N) is 2. The second-order valence-electron chi connectivity index (χ2n) is 6.66. The van der Waals surface area contributed by atoms with Crippen LogP contribution in [0.15, 0.2) is 47.5 Å². The first-order valence-corrected chi connectivity index (χ1v) is 8.92. The molecule has 0 saturated heterocycles. The molecule has 1 atom stereocenters. The first-order chi connectivity index (χ1) is 12.9. The zero-order chi connectivity index (χ0) is 19.8. The number of rotatable bonds is 8. The summed E-state index contributed by atoms with van der Waals surface area (Å²) in [7, 11) is 7.35. The Morgan fingerprint density at radius 2 is 1.71 bits per heavy atom.